The minimum atomic E-state index is -0.121. The van der Waals surface area contributed by atoms with Crippen molar-refractivity contribution in [2.24, 2.45) is 0 Å². The van der Waals surface area contributed by atoms with Gasteiger partial charge in [-0.05, 0) is 37.5 Å². The molecule has 1 saturated heterocycles. The second-order valence-corrected chi connectivity index (χ2v) is 9.70. The Morgan fingerprint density at radius 2 is 1.89 bits per heavy atom. The molecule has 0 spiro atoms. The molecule has 1 amide bonds. The summed E-state index contributed by atoms with van der Waals surface area (Å²) in [7, 11) is 0. The minimum Gasteiger partial charge on any atom is -0.381 e. The molecule has 1 N–H and O–H groups in total. The van der Waals surface area contributed by atoms with Gasteiger partial charge in [0.15, 0.2) is 0 Å². The molecule has 1 fully saturated rings. The van der Waals surface area contributed by atoms with Crippen LogP contribution < -0.4 is 5.32 Å². The number of aromatic nitrogens is 1. The van der Waals surface area contributed by atoms with E-state index in [2.05, 4.69) is 43.2 Å². The van der Waals surface area contributed by atoms with Crippen LogP contribution in [0.15, 0.2) is 24.3 Å². The zero-order valence-electron chi connectivity index (χ0n) is 16.4. The van der Waals surface area contributed by atoms with Crippen LogP contribution in [0.1, 0.15) is 59.5 Å². The molecule has 0 radical (unpaired) electrons. The Bertz CT molecular complexity index is 803. The number of hydrogen-bond donors (Lipinski definition) is 1. The van der Waals surface area contributed by atoms with E-state index in [1.165, 1.54) is 16.9 Å². The molecule has 0 bridgehead atoms. The van der Waals surface area contributed by atoms with Gasteiger partial charge in [0.1, 0.15) is 4.88 Å². The lowest BCUT2D eigenvalue weighted by molar-refractivity contribution is 0.0487. The summed E-state index contributed by atoms with van der Waals surface area (Å²) in [6, 6.07) is 7.96. The number of nitrogens with zero attached hydrogens (tertiary/aromatic N) is 1. The summed E-state index contributed by atoms with van der Waals surface area (Å²) in [5, 5.41) is 4.88. The maximum Gasteiger partial charge on any atom is 0.263 e. The van der Waals surface area contributed by atoms with Gasteiger partial charge in [-0.2, -0.15) is 0 Å². The van der Waals surface area contributed by atoms with E-state index in [1.54, 1.807) is 0 Å². The molecule has 1 aromatic heterocycles. The number of benzene rings is 1. The largest absolute Gasteiger partial charge is 0.381 e. The molecule has 1 aromatic carbocycles. The van der Waals surface area contributed by atoms with E-state index in [1.807, 2.05) is 19.1 Å². The molecular weight excluding hydrogens is 380 g/mol. The van der Waals surface area contributed by atoms with Crippen LogP contribution in [0.25, 0.3) is 0 Å². The normalized spacial score (nSPS) is 16.9. The lowest BCUT2D eigenvalue weighted by Gasteiger charge is -2.38. The molecule has 1 aliphatic rings. The van der Waals surface area contributed by atoms with Gasteiger partial charge in [0.2, 0.25) is 0 Å². The number of hydrogen-bond acceptors (Lipinski definition) is 4. The molecule has 3 rings (SSSR count). The second kappa shape index (κ2) is 7.90. The Labute approximate surface area is 170 Å². The van der Waals surface area contributed by atoms with Crippen LogP contribution >= 0.6 is 22.9 Å². The second-order valence-electron chi connectivity index (χ2n) is 8.27. The van der Waals surface area contributed by atoms with Crippen LogP contribution in [-0.2, 0) is 15.6 Å². The van der Waals surface area contributed by atoms with Gasteiger partial charge in [-0.3, -0.25) is 4.79 Å². The number of halogens is 1. The third-order valence-electron chi connectivity index (χ3n) is 5.14. The highest BCUT2D eigenvalue weighted by Crippen LogP contribution is 2.35. The monoisotopic (exact) mass is 406 g/mol. The summed E-state index contributed by atoms with van der Waals surface area (Å²) >= 11 is 7.55. The predicted octanol–water partition coefficient (Wildman–Crippen LogP) is 4.88. The molecule has 2 aromatic rings. The first kappa shape index (κ1) is 20.3. The van der Waals surface area contributed by atoms with E-state index in [9.17, 15) is 4.79 Å². The number of amides is 1. The number of carbonyl (C=O) groups is 1. The fourth-order valence-electron chi connectivity index (χ4n) is 3.39. The van der Waals surface area contributed by atoms with Crippen molar-refractivity contribution in [2.75, 3.05) is 19.8 Å². The molecule has 2 heterocycles. The van der Waals surface area contributed by atoms with Crippen molar-refractivity contribution in [3.8, 4) is 0 Å². The SMILES string of the molecule is Cc1nc(C(C)(C)C)sc1C(=O)NCC1(c2ccc(Cl)cc2)CCOCC1. The molecule has 146 valence electrons. The number of nitrogens with one attached hydrogen (secondary N) is 1. The Hall–Kier alpha value is -1.43. The van der Waals surface area contributed by atoms with Crippen molar-refractivity contribution in [1.82, 2.24) is 10.3 Å². The standard InChI is InChI=1S/C21H27ClN2O2S/c1-14-17(27-19(24-14)20(2,3)4)18(25)23-13-21(9-11-26-12-10-21)15-5-7-16(22)8-6-15/h5-8H,9-13H2,1-4H3,(H,23,25). The van der Waals surface area contributed by atoms with Gasteiger partial charge in [0.25, 0.3) is 5.91 Å². The van der Waals surface area contributed by atoms with Crippen molar-refractivity contribution in [2.45, 2.75) is 51.4 Å². The first-order valence-corrected chi connectivity index (χ1v) is 10.5. The summed E-state index contributed by atoms with van der Waals surface area (Å²) in [4.78, 5) is 18.2. The average Bonchev–Trinajstić information content (AvgIpc) is 3.03. The molecule has 27 heavy (non-hydrogen) atoms. The molecular formula is C21H27ClN2O2S. The predicted molar refractivity (Wildman–Crippen MR) is 111 cm³/mol. The van der Waals surface area contributed by atoms with E-state index in [-0.39, 0.29) is 16.7 Å². The molecule has 0 aliphatic carbocycles. The fourth-order valence-corrected chi connectivity index (χ4v) is 4.56. The topological polar surface area (TPSA) is 51.2 Å². The fraction of sp³-hybridized carbons (Fsp3) is 0.524. The van der Waals surface area contributed by atoms with Crippen LogP contribution in [0, 0.1) is 6.92 Å². The van der Waals surface area contributed by atoms with Gasteiger partial charge < -0.3 is 10.1 Å². The zero-order valence-corrected chi connectivity index (χ0v) is 18.0. The summed E-state index contributed by atoms with van der Waals surface area (Å²) in [6.45, 7) is 10.2. The highest BCUT2D eigenvalue weighted by atomic mass is 35.5. The van der Waals surface area contributed by atoms with E-state index in [0.29, 0.717) is 24.6 Å². The number of ether oxygens (including phenoxy) is 1. The van der Waals surface area contributed by atoms with Crippen molar-refractivity contribution < 1.29 is 9.53 Å². The third-order valence-corrected chi connectivity index (χ3v) is 6.97. The molecule has 0 saturated carbocycles. The van der Waals surface area contributed by atoms with E-state index >= 15 is 0 Å². The molecule has 4 nitrogen and oxygen atoms in total. The van der Waals surface area contributed by atoms with Gasteiger partial charge >= 0.3 is 0 Å². The number of thiazole rings is 1. The molecule has 0 atom stereocenters. The molecule has 0 unspecified atom stereocenters. The maximum atomic E-state index is 12.9. The van der Waals surface area contributed by atoms with Gasteiger partial charge in [-0.15, -0.1) is 11.3 Å². The van der Waals surface area contributed by atoms with E-state index in [4.69, 9.17) is 16.3 Å². The van der Waals surface area contributed by atoms with Crippen LogP contribution in [0.5, 0.6) is 0 Å². The van der Waals surface area contributed by atoms with Gasteiger partial charge in [0.05, 0.1) is 10.7 Å². The summed E-state index contributed by atoms with van der Waals surface area (Å²) in [5.41, 5.74) is 1.82. The first-order chi connectivity index (χ1) is 12.7. The van der Waals surface area contributed by atoms with Gasteiger partial charge in [0, 0.05) is 35.6 Å². The van der Waals surface area contributed by atoms with Crippen LogP contribution in [0.4, 0.5) is 0 Å². The van der Waals surface area contributed by atoms with Crippen LogP contribution in [0.3, 0.4) is 0 Å². The Balaban J connectivity index is 1.79. The zero-order chi connectivity index (χ0) is 19.7. The van der Waals surface area contributed by atoms with Crippen molar-refractivity contribution in [3.05, 3.63) is 50.4 Å². The van der Waals surface area contributed by atoms with E-state index in [0.717, 1.165) is 28.6 Å². The highest BCUT2D eigenvalue weighted by Gasteiger charge is 2.35. The third kappa shape index (κ3) is 4.53. The Morgan fingerprint density at radius 1 is 1.26 bits per heavy atom. The Kier molecular flexibility index (Phi) is 5.94. The summed E-state index contributed by atoms with van der Waals surface area (Å²) in [5.74, 6) is -0.0414. The van der Waals surface area contributed by atoms with Gasteiger partial charge in [-0.25, -0.2) is 4.98 Å². The lowest BCUT2D eigenvalue weighted by atomic mass is 9.74. The van der Waals surface area contributed by atoms with Crippen molar-refractivity contribution >= 4 is 28.8 Å². The number of rotatable bonds is 4. The number of aryl methyl sites for hydroxylation is 1. The summed E-state index contributed by atoms with van der Waals surface area (Å²) in [6.07, 6.45) is 1.76. The lowest BCUT2D eigenvalue weighted by Crippen LogP contribution is -2.44. The quantitative estimate of drug-likeness (QED) is 0.787. The first-order valence-electron chi connectivity index (χ1n) is 9.31. The molecule has 6 heteroatoms. The number of carbonyl (C=O) groups excluding carboxylic acids is 1. The summed E-state index contributed by atoms with van der Waals surface area (Å²) < 4.78 is 5.57. The van der Waals surface area contributed by atoms with Crippen LogP contribution in [-0.4, -0.2) is 30.6 Å². The Morgan fingerprint density at radius 3 is 2.44 bits per heavy atom. The van der Waals surface area contributed by atoms with Crippen molar-refractivity contribution in [3.63, 3.8) is 0 Å². The minimum absolute atomic E-state index is 0.0414. The van der Waals surface area contributed by atoms with Gasteiger partial charge in [-0.1, -0.05) is 44.5 Å². The van der Waals surface area contributed by atoms with E-state index < -0.39 is 0 Å². The van der Waals surface area contributed by atoms with Crippen molar-refractivity contribution in [1.29, 1.82) is 0 Å². The maximum absolute atomic E-state index is 12.9. The average molecular weight is 407 g/mol. The highest BCUT2D eigenvalue weighted by molar-refractivity contribution is 7.14. The van der Waals surface area contributed by atoms with Crippen LogP contribution in [0.2, 0.25) is 5.02 Å². The smallest absolute Gasteiger partial charge is 0.263 e. The molecule has 1 aliphatic heterocycles.